The Bertz CT molecular complexity index is 2450. The second-order valence-corrected chi connectivity index (χ2v) is 13.8. The highest BCUT2D eigenvalue weighted by Gasteiger charge is 2.17. The van der Waals surface area contributed by atoms with Gasteiger partial charge in [0.25, 0.3) is 0 Å². The number of nitrogens with zero attached hydrogens (tertiary/aromatic N) is 4. The number of hydrogen-bond donors (Lipinski definition) is 0. The number of rotatable bonds is 11. The van der Waals surface area contributed by atoms with Crippen LogP contribution in [0, 0.1) is 6.92 Å². The Morgan fingerprint density at radius 3 is 0.909 bits per heavy atom. The van der Waals surface area contributed by atoms with E-state index in [1.54, 1.807) is 0 Å². The molecule has 0 saturated heterocycles. The summed E-state index contributed by atoms with van der Waals surface area (Å²) < 4.78 is 0. The van der Waals surface area contributed by atoms with Crippen LogP contribution in [0.25, 0.3) is 11.1 Å². The minimum Gasteiger partial charge on any atom is -0.345 e. The summed E-state index contributed by atoms with van der Waals surface area (Å²) in [6, 6.07) is 75.6. The average Bonchev–Trinajstić information content (AvgIpc) is 3.26. The Morgan fingerprint density at radius 2 is 0.527 bits per heavy atom. The van der Waals surface area contributed by atoms with E-state index in [2.05, 4.69) is 241 Å². The molecule has 268 valence electrons. The van der Waals surface area contributed by atoms with Crippen LogP contribution in [-0.2, 0) is 0 Å². The maximum atomic E-state index is 2.34. The Labute approximate surface area is 325 Å². The SMILES string of the molecule is Cc1ccc(N(c2ccc(N(C)c3ccccc3)cc2)c2cccc(-c3cccc(N(c4ccccc4)c4ccc(N(C)c5ccccc5)cc4)c3)c2)cc1. The molecule has 0 amide bonds. The zero-order valence-electron chi connectivity index (χ0n) is 31.5. The first-order chi connectivity index (χ1) is 27.0. The fourth-order valence-corrected chi connectivity index (χ4v) is 7.07. The van der Waals surface area contributed by atoms with Crippen molar-refractivity contribution < 1.29 is 0 Å². The minimum absolute atomic E-state index is 1.09. The second-order valence-electron chi connectivity index (χ2n) is 13.8. The van der Waals surface area contributed by atoms with Gasteiger partial charge in [-0.05, 0) is 139 Å². The minimum atomic E-state index is 1.09. The Balaban J connectivity index is 1.14. The van der Waals surface area contributed by atoms with Crippen molar-refractivity contribution in [1.29, 1.82) is 0 Å². The number of aryl methyl sites for hydroxylation is 1. The van der Waals surface area contributed by atoms with E-state index in [9.17, 15) is 0 Å². The lowest BCUT2D eigenvalue weighted by molar-refractivity contribution is 1.20. The van der Waals surface area contributed by atoms with Crippen molar-refractivity contribution in [3.8, 4) is 11.1 Å². The third-order valence-electron chi connectivity index (χ3n) is 10.1. The predicted molar refractivity (Wildman–Crippen MR) is 235 cm³/mol. The van der Waals surface area contributed by atoms with Crippen molar-refractivity contribution in [2.75, 3.05) is 33.7 Å². The summed E-state index contributed by atoms with van der Waals surface area (Å²) in [7, 11) is 4.22. The lowest BCUT2D eigenvalue weighted by Crippen LogP contribution is -2.12. The van der Waals surface area contributed by atoms with E-state index >= 15 is 0 Å². The zero-order valence-corrected chi connectivity index (χ0v) is 31.5. The van der Waals surface area contributed by atoms with Crippen molar-refractivity contribution in [3.05, 3.63) is 218 Å². The van der Waals surface area contributed by atoms with Crippen molar-refractivity contribution in [1.82, 2.24) is 0 Å². The first kappa shape index (κ1) is 35.0. The number of benzene rings is 8. The molecule has 4 nitrogen and oxygen atoms in total. The van der Waals surface area contributed by atoms with E-state index in [-0.39, 0.29) is 0 Å². The molecule has 0 fully saturated rings. The largest absolute Gasteiger partial charge is 0.345 e. The van der Waals surface area contributed by atoms with Gasteiger partial charge in [0.15, 0.2) is 0 Å². The smallest absolute Gasteiger partial charge is 0.0467 e. The lowest BCUT2D eigenvalue weighted by Gasteiger charge is -2.28. The molecule has 0 N–H and O–H groups in total. The van der Waals surface area contributed by atoms with Gasteiger partial charge in [0.1, 0.15) is 0 Å². The van der Waals surface area contributed by atoms with Crippen LogP contribution < -0.4 is 19.6 Å². The third kappa shape index (κ3) is 7.71. The highest BCUT2D eigenvalue weighted by Crippen LogP contribution is 2.40. The molecule has 8 rings (SSSR count). The van der Waals surface area contributed by atoms with Gasteiger partial charge in [-0.25, -0.2) is 0 Å². The molecule has 8 aromatic rings. The van der Waals surface area contributed by atoms with E-state index in [0.717, 1.165) is 68.0 Å². The molecule has 8 aromatic carbocycles. The number of anilines is 10. The first-order valence-electron chi connectivity index (χ1n) is 18.7. The van der Waals surface area contributed by atoms with Gasteiger partial charge in [-0.2, -0.15) is 0 Å². The molecule has 0 aliphatic heterocycles. The van der Waals surface area contributed by atoms with Crippen LogP contribution in [0.15, 0.2) is 212 Å². The summed E-state index contributed by atoms with van der Waals surface area (Å²) in [6.07, 6.45) is 0. The molecule has 4 heteroatoms. The van der Waals surface area contributed by atoms with Crippen LogP contribution in [0.5, 0.6) is 0 Å². The van der Waals surface area contributed by atoms with Crippen LogP contribution in [0.3, 0.4) is 0 Å². The standard InChI is InChI=1S/C51H44N4/c1-39-25-27-47(28-26-39)55(49-35-31-45(32-36-49)53(3)43-19-9-5-10-20-43)51-24-14-16-41(38-51)40-15-13-23-50(37-40)54(46-21-11-6-12-22-46)48-33-29-44(30-34-48)52(2)42-17-7-4-8-18-42/h4-38H,1-3H3. The lowest BCUT2D eigenvalue weighted by atomic mass is 10.0. The highest BCUT2D eigenvalue weighted by molar-refractivity contribution is 5.84. The van der Waals surface area contributed by atoms with Crippen LogP contribution in [0.4, 0.5) is 56.9 Å². The van der Waals surface area contributed by atoms with E-state index in [1.807, 2.05) is 12.1 Å². The molecule has 0 spiro atoms. The van der Waals surface area contributed by atoms with Gasteiger partial charge >= 0.3 is 0 Å². The molecule has 0 unspecified atom stereocenters. The van der Waals surface area contributed by atoms with Gasteiger partial charge in [-0.1, -0.05) is 96.6 Å². The van der Waals surface area contributed by atoms with E-state index < -0.39 is 0 Å². The zero-order chi connectivity index (χ0) is 37.6. The maximum Gasteiger partial charge on any atom is 0.0467 e. The molecule has 0 saturated carbocycles. The molecule has 0 bridgehead atoms. The molecular formula is C51H44N4. The number of para-hydroxylation sites is 3. The Kier molecular flexibility index (Phi) is 10.1. The summed E-state index contributed by atoms with van der Waals surface area (Å²) >= 11 is 0. The van der Waals surface area contributed by atoms with Crippen LogP contribution in [-0.4, -0.2) is 14.1 Å². The van der Waals surface area contributed by atoms with Crippen LogP contribution in [0.1, 0.15) is 5.56 Å². The molecule has 0 aromatic heterocycles. The second kappa shape index (κ2) is 15.9. The summed E-state index contributed by atoms with van der Waals surface area (Å²) in [5, 5.41) is 0. The van der Waals surface area contributed by atoms with Gasteiger partial charge in [-0.15, -0.1) is 0 Å². The maximum absolute atomic E-state index is 2.34. The van der Waals surface area contributed by atoms with Crippen molar-refractivity contribution in [2.45, 2.75) is 6.92 Å². The predicted octanol–water partition coefficient (Wildman–Crippen LogP) is 14.1. The van der Waals surface area contributed by atoms with Gasteiger partial charge < -0.3 is 19.6 Å². The summed E-state index contributed by atoms with van der Waals surface area (Å²) in [5.74, 6) is 0. The quantitative estimate of drug-likeness (QED) is 0.132. The topological polar surface area (TPSA) is 13.0 Å². The molecule has 0 radical (unpaired) electrons. The van der Waals surface area contributed by atoms with Gasteiger partial charge in [0, 0.05) is 71.0 Å². The molecule has 0 aliphatic rings. The van der Waals surface area contributed by atoms with Gasteiger partial charge in [0.2, 0.25) is 0 Å². The first-order valence-corrected chi connectivity index (χ1v) is 18.7. The normalized spacial score (nSPS) is 10.8. The van der Waals surface area contributed by atoms with Crippen molar-refractivity contribution in [2.24, 2.45) is 0 Å². The monoisotopic (exact) mass is 712 g/mol. The fourth-order valence-electron chi connectivity index (χ4n) is 7.07. The molecule has 0 atom stereocenters. The molecule has 0 aliphatic carbocycles. The van der Waals surface area contributed by atoms with Gasteiger partial charge in [-0.3, -0.25) is 0 Å². The summed E-state index contributed by atoms with van der Waals surface area (Å²) in [4.78, 5) is 9.08. The van der Waals surface area contributed by atoms with Crippen LogP contribution >= 0.6 is 0 Å². The Hall–Kier alpha value is -7.04. The molecule has 0 heterocycles. The summed E-state index contributed by atoms with van der Waals surface area (Å²) in [5.41, 5.74) is 14.7. The highest BCUT2D eigenvalue weighted by atomic mass is 15.2. The van der Waals surface area contributed by atoms with Gasteiger partial charge in [0.05, 0.1) is 0 Å². The third-order valence-corrected chi connectivity index (χ3v) is 10.1. The van der Waals surface area contributed by atoms with Crippen LogP contribution in [0.2, 0.25) is 0 Å². The number of hydrogen-bond acceptors (Lipinski definition) is 4. The fraction of sp³-hybridized carbons (Fsp3) is 0.0588. The van der Waals surface area contributed by atoms with Crippen molar-refractivity contribution in [3.63, 3.8) is 0 Å². The van der Waals surface area contributed by atoms with E-state index in [4.69, 9.17) is 0 Å². The van der Waals surface area contributed by atoms with Crippen molar-refractivity contribution >= 4 is 56.9 Å². The molecule has 55 heavy (non-hydrogen) atoms. The Morgan fingerprint density at radius 1 is 0.255 bits per heavy atom. The van der Waals surface area contributed by atoms with E-state index in [0.29, 0.717) is 0 Å². The van der Waals surface area contributed by atoms with E-state index in [1.165, 1.54) is 5.56 Å². The molecular weight excluding hydrogens is 669 g/mol. The average molecular weight is 713 g/mol. The summed E-state index contributed by atoms with van der Waals surface area (Å²) in [6.45, 7) is 2.13.